The Kier molecular flexibility index (Phi) is 5.41. The van der Waals surface area contributed by atoms with Crippen molar-refractivity contribution in [2.45, 2.75) is 0 Å². The largest absolute Gasteiger partial charge is 0.455 e. The Morgan fingerprint density at radius 1 is 0.357 bits per heavy atom. The number of fused-ring (bicyclic) bond motifs is 12. The number of nitrogens with zero attached hydrogens (tertiary/aromatic N) is 3. The van der Waals surface area contributed by atoms with Gasteiger partial charge in [0.1, 0.15) is 22.3 Å². The Labute approximate surface area is 328 Å². The standard InChI is InChI=1S/C51H29N3O2/c1-2-12-30(13-3-1)49-52-50(54-51(53-49)43-22-11-21-41-39-18-8-9-23-45(39)55-48(41)43)32-25-27-40-42-20-10-19-33(47(42)56-46(40)29-32)31-24-26-38-36-16-5-4-14-34(36)35-15-6-7-17-37(35)44(38)28-31/h1-29H/i10D,19D,20D,25D,27D,29D. The van der Waals surface area contributed by atoms with Gasteiger partial charge in [-0.25, -0.2) is 15.0 Å². The van der Waals surface area contributed by atoms with Gasteiger partial charge >= 0.3 is 0 Å². The first-order valence-electron chi connectivity index (χ1n) is 21.3. The molecule has 5 nitrogen and oxygen atoms in total. The van der Waals surface area contributed by atoms with Crippen LogP contribution in [0.15, 0.2) is 185 Å². The van der Waals surface area contributed by atoms with Crippen LogP contribution in [0.5, 0.6) is 0 Å². The number of furan rings is 2. The molecule has 0 atom stereocenters. The van der Waals surface area contributed by atoms with E-state index in [9.17, 15) is 5.48 Å². The zero-order valence-corrected chi connectivity index (χ0v) is 29.4. The third kappa shape index (κ3) is 4.64. The molecule has 9 aromatic carbocycles. The molecule has 0 saturated carbocycles. The molecular formula is C51H29N3O2. The summed E-state index contributed by atoms with van der Waals surface area (Å²) in [6, 6.07) is 43.2. The van der Waals surface area contributed by atoms with Gasteiger partial charge in [0, 0.05) is 38.2 Å². The van der Waals surface area contributed by atoms with Crippen LogP contribution < -0.4 is 0 Å². The van der Waals surface area contributed by atoms with Crippen molar-refractivity contribution >= 4 is 76.2 Å². The number of hydrogen-bond donors (Lipinski definition) is 0. The molecule has 0 fully saturated rings. The van der Waals surface area contributed by atoms with Crippen LogP contribution in [0.1, 0.15) is 8.22 Å². The average Bonchev–Trinajstić information content (AvgIpc) is 3.90. The lowest BCUT2D eigenvalue weighted by atomic mass is 9.92. The molecule has 12 rings (SSSR count). The second kappa shape index (κ2) is 11.9. The molecule has 0 bridgehead atoms. The van der Waals surface area contributed by atoms with Crippen molar-refractivity contribution in [3.63, 3.8) is 0 Å². The van der Waals surface area contributed by atoms with Crippen LogP contribution in [-0.4, -0.2) is 15.0 Å². The van der Waals surface area contributed by atoms with E-state index in [-0.39, 0.29) is 81.0 Å². The SMILES string of the molecule is [2H]c1c([2H])c([2H])c2c(oc3c([2H])c(-c4nc(-c5ccccc5)nc(-c5cccc6c5oc5ccccc56)n4)c([2H])c([2H])c32)c1-c1ccc2c3ccccc3c3ccccc3c2c1. The van der Waals surface area contributed by atoms with E-state index in [4.69, 9.17) is 26.5 Å². The van der Waals surface area contributed by atoms with E-state index < -0.39 is 0 Å². The number of aromatic nitrogens is 3. The highest BCUT2D eigenvalue weighted by atomic mass is 16.3. The van der Waals surface area contributed by atoms with Gasteiger partial charge in [-0.3, -0.25) is 0 Å². The van der Waals surface area contributed by atoms with E-state index in [0.717, 1.165) is 43.1 Å². The lowest BCUT2D eigenvalue weighted by Gasteiger charge is -2.12. The van der Waals surface area contributed by atoms with E-state index in [2.05, 4.69) is 24.3 Å². The molecule has 0 aliphatic heterocycles. The first-order chi connectivity index (χ1) is 30.3. The molecule has 3 aromatic heterocycles. The number of para-hydroxylation sites is 3. The molecule has 0 aliphatic carbocycles. The predicted octanol–water partition coefficient (Wildman–Crippen LogP) is 13.8. The molecular weight excluding hydrogens is 687 g/mol. The zero-order chi connectivity index (χ0) is 42.0. The van der Waals surface area contributed by atoms with Gasteiger partial charge in [-0.2, -0.15) is 0 Å². The molecule has 0 unspecified atom stereocenters. The van der Waals surface area contributed by atoms with Gasteiger partial charge in [-0.1, -0.05) is 145 Å². The van der Waals surface area contributed by atoms with Gasteiger partial charge in [0.2, 0.25) is 0 Å². The lowest BCUT2D eigenvalue weighted by molar-refractivity contribution is 0.669. The fourth-order valence-corrected chi connectivity index (χ4v) is 8.04. The number of benzene rings is 9. The van der Waals surface area contributed by atoms with Crippen molar-refractivity contribution < 1.29 is 17.1 Å². The van der Waals surface area contributed by atoms with Gasteiger partial charge in [-0.05, 0) is 68.2 Å². The smallest absolute Gasteiger partial charge is 0.167 e. The summed E-state index contributed by atoms with van der Waals surface area (Å²) in [7, 11) is 0. The van der Waals surface area contributed by atoms with E-state index >= 15 is 0 Å². The zero-order valence-electron chi connectivity index (χ0n) is 35.4. The quantitative estimate of drug-likeness (QED) is 0.169. The van der Waals surface area contributed by atoms with Gasteiger partial charge in [0.25, 0.3) is 0 Å². The summed E-state index contributed by atoms with van der Waals surface area (Å²) in [5.74, 6) is 0.521. The Bertz CT molecular complexity index is 3870. The second-order valence-corrected chi connectivity index (χ2v) is 13.8. The molecule has 5 heteroatoms. The fourth-order valence-electron chi connectivity index (χ4n) is 8.04. The molecule has 3 heterocycles. The van der Waals surface area contributed by atoms with Crippen molar-refractivity contribution in [2.75, 3.05) is 0 Å². The molecule has 12 aromatic rings. The third-order valence-corrected chi connectivity index (χ3v) is 10.6. The maximum atomic E-state index is 9.66. The Morgan fingerprint density at radius 2 is 0.964 bits per heavy atom. The molecule has 0 spiro atoms. The van der Waals surface area contributed by atoms with Crippen molar-refractivity contribution in [1.29, 1.82) is 0 Å². The molecule has 0 N–H and O–H groups in total. The van der Waals surface area contributed by atoms with Crippen LogP contribution in [0, 0.1) is 0 Å². The van der Waals surface area contributed by atoms with Crippen molar-refractivity contribution in [1.82, 2.24) is 15.0 Å². The van der Waals surface area contributed by atoms with Crippen molar-refractivity contribution in [2.24, 2.45) is 0 Å². The van der Waals surface area contributed by atoms with Crippen molar-refractivity contribution in [3.8, 4) is 45.3 Å². The Balaban J connectivity index is 1.12. The minimum absolute atomic E-state index is 0.0184. The topological polar surface area (TPSA) is 65.0 Å². The van der Waals surface area contributed by atoms with Crippen LogP contribution in [0.3, 0.4) is 0 Å². The van der Waals surface area contributed by atoms with Crippen molar-refractivity contribution in [3.05, 3.63) is 176 Å². The van der Waals surface area contributed by atoms with Gasteiger partial charge < -0.3 is 8.83 Å². The second-order valence-electron chi connectivity index (χ2n) is 13.8. The van der Waals surface area contributed by atoms with Gasteiger partial charge in [0.05, 0.1) is 13.8 Å². The summed E-state index contributed by atoms with van der Waals surface area (Å²) in [6.07, 6.45) is 0. The maximum Gasteiger partial charge on any atom is 0.167 e. The lowest BCUT2D eigenvalue weighted by Crippen LogP contribution is -2.00. The van der Waals surface area contributed by atoms with Crippen LogP contribution in [-0.2, 0) is 0 Å². The minimum Gasteiger partial charge on any atom is -0.455 e. The van der Waals surface area contributed by atoms with Gasteiger partial charge in [0.15, 0.2) is 17.5 Å². The molecule has 0 saturated heterocycles. The highest BCUT2D eigenvalue weighted by Crippen LogP contribution is 2.41. The first-order valence-corrected chi connectivity index (χ1v) is 18.3. The summed E-state index contributed by atoms with van der Waals surface area (Å²) in [4.78, 5) is 14.6. The van der Waals surface area contributed by atoms with Crippen LogP contribution in [0.25, 0.3) is 121 Å². The fraction of sp³-hybridized carbons (Fsp3) is 0. The normalized spacial score (nSPS) is 13.4. The number of rotatable bonds is 4. The van der Waals surface area contributed by atoms with Gasteiger partial charge in [-0.15, -0.1) is 0 Å². The summed E-state index contributed by atoms with van der Waals surface area (Å²) < 4.78 is 68.8. The maximum absolute atomic E-state index is 9.66. The van der Waals surface area contributed by atoms with E-state index in [1.54, 1.807) is 0 Å². The van der Waals surface area contributed by atoms with E-state index in [0.29, 0.717) is 33.7 Å². The number of hydrogen-bond acceptors (Lipinski definition) is 5. The molecule has 0 amide bonds. The van der Waals surface area contributed by atoms with Crippen LogP contribution >= 0.6 is 0 Å². The molecule has 56 heavy (non-hydrogen) atoms. The third-order valence-electron chi connectivity index (χ3n) is 10.6. The highest BCUT2D eigenvalue weighted by molar-refractivity contribution is 6.26. The van der Waals surface area contributed by atoms with E-state index in [1.807, 2.05) is 115 Å². The Morgan fingerprint density at radius 3 is 1.75 bits per heavy atom. The van der Waals surface area contributed by atoms with E-state index in [1.165, 1.54) is 0 Å². The first kappa shape index (κ1) is 25.4. The molecule has 0 aliphatic rings. The van der Waals surface area contributed by atoms with Crippen LogP contribution in [0.2, 0.25) is 0 Å². The average molecular weight is 722 g/mol. The molecule has 260 valence electrons. The summed E-state index contributed by atoms with van der Waals surface area (Å²) in [6.45, 7) is 0. The molecule has 0 radical (unpaired) electrons. The predicted molar refractivity (Wildman–Crippen MR) is 229 cm³/mol. The minimum atomic E-state index is -0.352. The summed E-state index contributed by atoms with van der Waals surface area (Å²) >= 11 is 0. The van der Waals surface area contributed by atoms with Crippen LogP contribution in [0.4, 0.5) is 0 Å². The Hall–Kier alpha value is -7.63. The monoisotopic (exact) mass is 721 g/mol. The summed E-state index contributed by atoms with van der Waals surface area (Å²) in [5, 5.41) is 8.21. The highest BCUT2D eigenvalue weighted by Gasteiger charge is 2.20. The summed E-state index contributed by atoms with van der Waals surface area (Å²) in [5.41, 5.74) is 3.33.